The van der Waals surface area contributed by atoms with E-state index in [1.807, 2.05) is 12.1 Å². The van der Waals surface area contributed by atoms with Crippen molar-refractivity contribution in [3.63, 3.8) is 0 Å². The summed E-state index contributed by atoms with van der Waals surface area (Å²) in [7, 11) is 0. The van der Waals surface area contributed by atoms with Gasteiger partial charge in [-0.15, -0.1) is 0 Å². The highest BCUT2D eigenvalue weighted by atomic mass is 19.1. The summed E-state index contributed by atoms with van der Waals surface area (Å²) in [5.41, 5.74) is 7.80. The lowest BCUT2D eigenvalue weighted by Gasteiger charge is -2.30. The molecule has 2 heterocycles. The van der Waals surface area contributed by atoms with E-state index in [0.717, 1.165) is 11.1 Å². The molecule has 0 saturated heterocycles. The molecule has 0 aliphatic carbocycles. The van der Waals surface area contributed by atoms with Crippen molar-refractivity contribution in [3.05, 3.63) is 59.7 Å². The van der Waals surface area contributed by atoms with Crippen molar-refractivity contribution >= 4 is 0 Å². The predicted octanol–water partition coefficient (Wildman–Crippen LogP) is 2.74. The van der Waals surface area contributed by atoms with Gasteiger partial charge in [-0.3, -0.25) is 4.98 Å². The summed E-state index contributed by atoms with van der Waals surface area (Å²) in [6.07, 6.45) is 4.00. The van der Waals surface area contributed by atoms with Gasteiger partial charge in [0.2, 0.25) is 0 Å². The summed E-state index contributed by atoms with van der Waals surface area (Å²) >= 11 is 0. The molecule has 0 fully saturated rings. The Balaban J connectivity index is 1.95. The molecule has 2 atom stereocenters. The van der Waals surface area contributed by atoms with Crippen LogP contribution in [0, 0.1) is 5.82 Å². The molecule has 92 valence electrons. The molecule has 18 heavy (non-hydrogen) atoms. The van der Waals surface area contributed by atoms with Crippen LogP contribution in [0.5, 0.6) is 5.75 Å². The molecule has 0 spiro atoms. The van der Waals surface area contributed by atoms with Gasteiger partial charge in [0.25, 0.3) is 0 Å². The van der Waals surface area contributed by atoms with E-state index in [-0.39, 0.29) is 18.0 Å². The summed E-state index contributed by atoms with van der Waals surface area (Å²) in [6.45, 7) is 0. The van der Waals surface area contributed by atoms with Crippen molar-refractivity contribution in [1.82, 2.24) is 4.98 Å². The van der Waals surface area contributed by atoms with Crippen molar-refractivity contribution in [2.45, 2.75) is 18.6 Å². The maximum atomic E-state index is 13.2. The number of benzene rings is 1. The lowest BCUT2D eigenvalue weighted by Crippen LogP contribution is -2.24. The Labute approximate surface area is 104 Å². The summed E-state index contributed by atoms with van der Waals surface area (Å²) < 4.78 is 19.0. The third-order valence-corrected chi connectivity index (χ3v) is 3.16. The second-order valence-electron chi connectivity index (χ2n) is 4.42. The number of fused-ring (bicyclic) bond motifs is 1. The fraction of sp³-hybridized carbons (Fsp3) is 0.214. The van der Waals surface area contributed by atoms with Crippen LogP contribution in [0.1, 0.15) is 29.7 Å². The minimum atomic E-state index is -0.285. The highest BCUT2D eigenvalue weighted by Gasteiger charge is 2.27. The summed E-state index contributed by atoms with van der Waals surface area (Å²) in [5, 5.41) is 0. The smallest absolute Gasteiger partial charge is 0.127 e. The predicted molar refractivity (Wildman–Crippen MR) is 65.6 cm³/mol. The molecule has 1 aliphatic rings. The lowest BCUT2D eigenvalue weighted by molar-refractivity contribution is 0.161. The lowest BCUT2D eigenvalue weighted by atomic mass is 9.94. The normalized spacial score (nSPS) is 22.1. The first-order chi connectivity index (χ1) is 8.74. The molecule has 0 bridgehead atoms. The van der Waals surface area contributed by atoms with Crippen molar-refractivity contribution in [2.24, 2.45) is 5.73 Å². The van der Waals surface area contributed by atoms with Gasteiger partial charge in [-0.2, -0.15) is 0 Å². The van der Waals surface area contributed by atoms with E-state index in [4.69, 9.17) is 10.5 Å². The number of ether oxygens (including phenoxy) is 1. The number of hydrogen-bond donors (Lipinski definition) is 1. The fourth-order valence-corrected chi connectivity index (χ4v) is 2.25. The largest absolute Gasteiger partial charge is 0.485 e. The molecule has 1 aliphatic heterocycles. The molecule has 0 saturated carbocycles. The van der Waals surface area contributed by atoms with E-state index >= 15 is 0 Å². The average molecular weight is 244 g/mol. The molecule has 4 heteroatoms. The molecule has 1 aromatic carbocycles. The second-order valence-corrected chi connectivity index (χ2v) is 4.42. The fourth-order valence-electron chi connectivity index (χ4n) is 2.25. The minimum absolute atomic E-state index is 0.119. The van der Waals surface area contributed by atoms with Crippen LogP contribution in [0.4, 0.5) is 4.39 Å². The number of aromatic nitrogens is 1. The van der Waals surface area contributed by atoms with E-state index in [2.05, 4.69) is 4.98 Å². The minimum Gasteiger partial charge on any atom is -0.485 e. The molecule has 0 amide bonds. The maximum absolute atomic E-state index is 13.2. The zero-order chi connectivity index (χ0) is 12.5. The van der Waals surface area contributed by atoms with E-state index in [9.17, 15) is 4.39 Å². The van der Waals surface area contributed by atoms with Crippen LogP contribution in [-0.2, 0) is 0 Å². The molecule has 0 radical (unpaired) electrons. The van der Waals surface area contributed by atoms with Crippen molar-refractivity contribution in [3.8, 4) is 5.75 Å². The number of pyridine rings is 1. The van der Waals surface area contributed by atoms with Gasteiger partial charge in [0.05, 0.1) is 0 Å². The Morgan fingerprint density at radius 1 is 1.33 bits per heavy atom. The van der Waals surface area contributed by atoms with E-state index < -0.39 is 0 Å². The van der Waals surface area contributed by atoms with Gasteiger partial charge in [0.1, 0.15) is 17.7 Å². The molecule has 1 aromatic heterocycles. The van der Waals surface area contributed by atoms with Gasteiger partial charge in [-0.05, 0) is 24.3 Å². The first-order valence-corrected chi connectivity index (χ1v) is 5.85. The molecular formula is C14H13FN2O. The number of rotatable bonds is 1. The van der Waals surface area contributed by atoms with Crippen molar-refractivity contribution < 1.29 is 9.13 Å². The zero-order valence-corrected chi connectivity index (χ0v) is 9.71. The molecule has 3 nitrogen and oxygen atoms in total. The van der Waals surface area contributed by atoms with Gasteiger partial charge >= 0.3 is 0 Å². The van der Waals surface area contributed by atoms with E-state index in [1.165, 1.54) is 12.1 Å². The van der Waals surface area contributed by atoms with Crippen LogP contribution >= 0.6 is 0 Å². The number of nitrogens with zero attached hydrogens (tertiary/aromatic N) is 1. The SMILES string of the molecule is NC1CC(c2cccnc2)Oc2ccc(F)cc21. The Bertz CT molecular complexity index is 559. The van der Waals surface area contributed by atoms with E-state index in [1.54, 1.807) is 18.5 Å². The van der Waals surface area contributed by atoms with Crippen LogP contribution in [0.3, 0.4) is 0 Å². The van der Waals surface area contributed by atoms with Crippen LogP contribution in [-0.4, -0.2) is 4.98 Å². The third kappa shape index (κ3) is 1.95. The summed E-state index contributed by atoms with van der Waals surface area (Å²) in [6, 6.07) is 8.07. The zero-order valence-electron chi connectivity index (χ0n) is 9.71. The van der Waals surface area contributed by atoms with Gasteiger partial charge in [-0.25, -0.2) is 4.39 Å². The second kappa shape index (κ2) is 4.38. The number of hydrogen-bond acceptors (Lipinski definition) is 3. The Morgan fingerprint density at radius 2 is 2.22 bits per heavy atom. The van der Waals surface area contributed by atoms with Crippen molar-refractivity contribution in [1.29, 1.82) is 0 Å². The van der Waals surface area contributed by atoms with Gasteiger partial charge in [0, 0.05) is 36.0 Å². The van der Waals surface area contributed by atoms with Crippen LogP contribution < -0.4 is 10.5 Å². The van der Waals surface area contributed by atoms with Gasteiger partial charge in [-0.1, -0.05) is 6.07 Å². The average Bonchev–Trinajstić information content (AvgIpc) is 2.40. The number of nitrogens with two attached hydrogens (primary N) is 1. The molecule has 2 N–H and O–H groups in total. The number of halogens is 1. The molecule has 2 unspecified atom stereocenters. The molecule has 2 aromatic rings. The van der Waals surface area contributed by atoms with Crippen molar-refractivity contribution in [2.75, 3.05) is 0 Å². The van der Waals surface area contributed by atoms with Crippen LogP contribution in [0.25, 0.3) is 0 Å². The molecule has 3 rings (SSSR count). The topological polar surface area (TPSA) is 48.1 Å². The highest BCUT2D eigenvalue weighted by Crippen LogP contribution is 2.39. The monoisotopic (exact) mass is 244 g/mol. The van der Waals surface area contributed by atoms with E-state index in [0.29, 0.717) is 12.2 Å². The highest BCUT2D eigenvalue weighted by molar-refractivity contribution is 5.39. The molecular weight excluding hydrogens is 231 g/mol. The quantitative estimate of drug-likeness (QED) is 0.839. The van der Waals surface area contributed by atoms with Gasteiger partial charge in [0.15, 0.2) is 0 Å². The van der Waals surface area contributed by atoms with Crippen LogP contribution in [0.15, 0.2) is 42.7 Å². The Morgan fingerprint density at radius 3 is 3.00 bits per heavy atom. The Kier molecular flexibility index (Phi) is 2.72. The Hall–Kier alpha value is -1.94. The maximum Gasteiger partial charge on any atom is 0.127 e. The first kappa shape index (κ1) is 11.2. The van der Waals surface area contributed by atoms with Crippen LogP contribution in [0.2, 0.25) is 0 Å². The standard InChI is InChI=1S/C14H13FN2O/c15-10-3-4-13-11(6-10)12(16)7-14(18-13)9-2-1-5-17-8-9/h1-6,8,12,14H,7,16H2. The summed E-state index contributed by atoms with van der Waals surface area (Å²) in [5.74, 6) is 0.372. The summed E-state index contributed by atoms with van der Waals surface area (Å²) in [4.78, 5) is 4.07. The first-order valence-electron chi connectivity index (χ1n) is 5.85. The third-order valence-electron chi connectivity index (χ3n) is 3.16. The van der Waals surface area contributed by atoms with Gasteiger partial charge < -0.3 is 10.5 Å².